The van der Waals surface area contributed by atoms with Crippen molar-refractivity contribution in [2.75, 3.05) is 17.2 Å². The molecule has 0 aliphatic heterocycles. The minimum Gasteiger partial charge on any atom is -0.389 e. The lowest BCUT2D eigenvalue weighted by atomic mass is 10.1. The van der Waals surface area contributed by atoms with Crippen molar-refractivity contribution in [3.8, 4) is 11.4 Å². The second kappa shape index (κ2) is 8.19. The fraction of sp³-hybridized carbons (Fsp3) is 0.263. The van der Waals surface area contributed by atoms with Crippen LogP contribution in [0.25, 0.3) is 11.4 Å². The normalized spacial score (nSPS) is 12.0. The highest BCUT2D eigenvalue weighted by Crippen LogP contribution is 2.30. The van der Waals surface area contributed by atoms with E-state index in [9.17, 15) is 22.7 Å². The fourth-order valence-electron chi connectivity index (χ4n) is 2.36. The van der Waals surface area contributed by atoms with Gasteiger partial charge in [0.25, 0.3) is 0 Å². The maximum absolute atomic E-state index is 14.2. The van der Waals surface area contributed by atoms with Crippen molar-refractivity contribution < 1.29 is 22.7 Å². The van der Waals surface area contributed by atoms with Crippen molar-refractivity contribution in [1.82, 2.24) is 19.9 Å². The average molecular weight is 422 g/mol. The van der Waals surface area contributed by atoms with Gasteiger partial charge >= 0.3 is 6.18 Å². The Bertz CT molecular complexity index is 1040. The molecule has 0 aliphatic rings. The van der Waals surface area contributed by atoms with Gasteiger partial charge in [-0.25, -0.2) is 4.39 Å². The van der Waals surface area contributed by atoms with E-state index in [1.165, 1.54) is 24.4 Å². The molecule has 1 aromatic carbocycles. The number of alkyl halides is 3. The standard InChI is InChI=1S/C19H18F4N6O/c1-18(2,30)10-25-16-27-15(13-5-3-4-6-14(13)20)28-17(29-16)26-12-7-11(8-24-9-12)19(21,22)23/h3-9,30H,10H2,1-2H3,(H2,25,26,27,28,29). The number of rotatable bonds is 6. The Kier molecular flexibility index (Phi) is 5.83. The Morgan fingerprint density at radius 1 is 1.00 bits per heavy atom. The van der Waals surface area contributed by atoms with Gasteiger partial charge in [-0.2, -0.15) is 28.1 Å². The van der Waals surface area contributed by atoms with Crippen molar-refractivity contribution in [3.05, 3.63) is 54.1 Å². The summed E-state index contributed by atoms with van der Waals surface area (Å²) in [6.07, 6.45) is -2.70. The monoisotopic (exact) mass is 422 g/mol. The number of halogens is 4. The highest BCUT2D eigenvalue weighted by Gasteiger charge is 2.31. The lowest BCUT2D eigenvalue weighted by Gasteiger charge is -2.18. The van der Waals surface area contributed by atoms with Gasteiger partial charge in [-0.1, -0.05) is 12.1 Å². The summed E-state index contributed by atoms with van der Waals surface area (Å²) in [6, 6.07) is 6.63. The van der Waals surface area contributed by atoms with Crippen LogP contribution in [0.5, 0.6) is 0 Å². The zero-order valence-corrected chi connectivity index (χ0v) is 16.0. The number of hydrogen-bond acceptors (Lipinski definition) is 7. The molecule has 7 nitrogen and oxygen atoms in total. The summed E-state index contributed by atoms with van der Waals surface area (Å²) in [4.78, 5) is 15.9. The van der Waals surface area contributed by atoms with Gasteiger partial charge in [-0.05, 0) is 32.0 Å². The van der Waals surface area contributed by atoms with Gasteiger partial charge in [-0.15, -0.1) is 0 Å². The van der Waals surface area contributed by atoms with E-state index in [1.807, 2.05) is 0 Å². The third-order valence-corrected chi connectivity index (χ3v) is 3.75. The van der Waals surface area contributed by atoms with Crippen LogP contribution < -0.4 is 10.6 Å². The minimum atomic E-state index is -4.57. The van der Waals surface area contributed by atoms with Crippen molar-refractivity contribution in [3.63, 3.8) is 0 Å². The molecule has 0 amide bonds. The van der Waals surface area contributed by atoms with E-state index in [1.54, 1.807) is 19.9 Å². The quantitative estimate of drug-likeness (QED) is 0.517. The van der Waals surface area contributed by atoms with Crippen LogP contribution in [-0.4, -0.2) is 37.2 Å². The first-order chi connectivity index (χ1) is 14.0. The molecule has 0 bridgehead atoms. The second-order valence-electron chi connectivity index (χ2n) is 7.04. The predicted octanol–water partition coefficient (Wildman–Crippen LogP) is 4.02. The molecule has 30 heavy (non-hydrogen) atoms. The molecule has 2 heterocycles. The van der Waals surface area contributed by atoms with Crippen molar-refractivity contribution in [2.24, 2.45) is 0 Å². The zero-order valence-electron chi connectivity index (χ0n) is 16.0. The van der Waals surface area contributed by atoms with Crippen LogP contribution in [0.15, 0.2) is 42.7 Å². The van der Waals surface area contributed by atoms with E-state index in [0.717, 1.165) is 6.07 Å². The first-order valence-corrected chi connectivity index (χ1v) is 8.78. The Labute approximate surface area is 169 Å². The molecular weight excluding hydrogens is 404 g/mol. The van der Waals surface area contributed by atoms with Crippen LogP contribution >= 0.6 is 0 Å². The Morgan fingerprint density at radius 3 is 2.37 bits per heavy atom. The number of nitrogens with zero attached hydrogens (tertiary/aromatic N) is 4. The maximum atomic E-state index is 14.2. The molecule has 0 radical (unpaired) electrons. The van der Waals surface area contributed by atoms with Gasteiger partial charge in [0.1, 0.15) is 5.82 Å². The van der Waals surface area contributed by atoms with Gasteiger partial charge in [-0.3, -0.25) is 4.98 Å². The van der Waals surface area contributed by atoms with E-state index in [0.29, 0.717) is 6.20 Å². The molecule has 0 spiro atoms. The molecule has 0 saturated heterocycles. The van der Waals surface area contributed by atoms with Crippen molar-refractivity contribution >= 4 is 17.6 Å². The van der Waals surface area contributed by atoms with Crippen LogP contribution in [0.1, 0.15) is 19.4 Å². The van der Waals surface area contributed by atoms with E-state index in [4.69, 9.17) is 0 Å². The summed E-state index contributed by atoms with van der Waals surface area (Å²) < 4.78 is 53.0. The van der Waals surface area contributed by atoms with Crippen LogP contribution in [0.2, 0.25) is 0 Å². The minimum absolute atomic E-state index is 0.00723. The summed E-state index contributed by atoms with van der Waals surface area (Å²) >= 11 is 0. The number of anilines is 3. The highest BCUT2D eigenvalue weighted by atomic mass is 19.4. The van der Waals surface area contributed by atoms with Gasteiger partial charge in [0.05, 0.1) is 28.6 Å². The lowest BCUT2D eigenvalue weighted by molar-refractivity contribution is -0.137. The molecule has 0 atom stereocenters. The molecule has 0 aliphatic carbocycles. The molecule has 3 rings (SSSR count). The second-order valence-corrected chi connectivity index (χ2v) is 7.04. The average Bonchev–Trinajstić information content (AvgIpc) is 2.66. The van der Waals surface area contributed by atoms with Crippen LogP contribution in [-0.2, 0) is 6.18 Å². The first-order valence-electron chi connectivity index (χ1n) is 8.78. The number of pyridine rings is 1. The molecule has 0 saturated carbocycles. The number of benzene rings is 1. The van der Waals surface area contributed by atoms with Crippen LogP contribution in [0.4, 0.5) is 35.1 Å². The first kappa shape index (κ1) is 21.4. The summed E-state index contributed by atoms with van der Waals surface area (Å²) in [5.41, 5.74) is -1.97. The van der Waals surface area contributed by atoms with E-state index in [-0.39, 0.29) is 35.5 Å². The molecule has 3 aromatic rings. The lowest BCUT2D eigenvalue weighted by Crippen LogP contribution is -2.30. The third kappa shape index (κ3) is 5.60. The predicted molar refractivity (Wildman–Crippen MR) is 103 cm³/mol. The molecule has 0 fully saturated rings. The SMILES string of the molecule is CC(C)(O)CNc1nc(Nc2cncc(C(F)(F)F)c2)nc(-c2ccccc2F)n1. The number of aromatic nitrogens is 4. The zero-order chi connectivity index (χ0) is 21.9. The molecule has 158 valence electrons. The van der Waals surface area contributed by atoms with Crippen molar-refractivity contribution in [1.29, 1.82) is 0 Å². The van der Waals surface area contributed by atoms with E-state index < -0.39 is 23.2 Å². The largest absolute Gasteiger partial charge is 0.417 e. The summed E-state index contributed by atoms with van der Waals surface area (Å²) in [5.74, 6) is -0.733. The molecule has 0 unspecified atom stereocenters. The van der Waals surface area contributed by atoms with Gasteiger partial charge < -0.3 is 15.7 Å². The third-order valence-electron chi connectivity index (χ3n) is 3.75. The highest BCUT2D eigenvalue weighted by molar-refractivity contribution is 5.61. The van der Waals surface area contributed by atoms with Crippen LogP contribution in [0.3, 0.4) is 0 Å². The smallest absolute Gasteiger partial charge is 0.389 e. The van der Waals surface area contributed by atoms with Gasteiger partial charge in [0.2, 0.25) is 11.9 Å². The topological polar surface area (TPSA) is 95.8 Å². The fourth-order valence-corrected chi connectivity index (χ4v) is 2.36. The Hall–Kier alpha value is -3.34. The number of nitrogens with one attached hydrogen (secondary N) is 2. The summed E-state index contributed by atoms with van der Waals surface area (Å²) in [6.45, 7) is 3.19. The number of aliphatic hydroxyl groups is 1. The number of hydrogen-bond donors (Lipinski definition) is 3. The van der Waals surface area contributed by atoms with Gasteiger partial charge in [0.15, 0.2) is 5.82 Å². The van der Waals surface area contributed by atoms with Crippen LogP contribution in [0, 0.1) is 5.82 Å². The molecular formula is C19H18F4N6O. The molecule has 11 heteroatoms. The van der Waals surface area contributed by atoms with E-state index in [2.05, 4.69) is 30.6 Å². The van der Waals surface area contributed by atoms with Crippen molar-refractivity contribution in [2.45, 2.75) is 25.6 Å². The molecule has 3 N–H and O–H groups in total. The Balaban J connectivity index is 1.99. The summed E-state index contributed by atoms with van der Waals surface area (Å²) in [7, 11) is 0. The maximum Gasteiger partial charge on any atom is 0.417 e. The van der Waals surface area contributed by atoms with E-state index >= 15 is 0 Å². The van der Waals surface area contributed by atoms with Gasteiger partial charge in [0, 0.05) is 12.7 Å². The molecule has 2 aromatic heterocycles. The Morgan fingerprint density at radius 2 is 1.70 bits per heavy atom. The summed E-state index contributed by atoms with van der Waals surface area (Å²) in [5, 5.41) is 15.3.